The van der Waals surface area contributed by atoms with E-state index in [0.717, 1.165) is 26.3 Å². The second kappa shape index (κ2) is 6.58. The molecule has 0 spiro atoms. The van der Waals surface area contributed by atoms with Gasteiger partial charge < -0.3 is 9.97 Å². The largest absolute Gasteiger partial charge is 0.341 e. The third kappa shape index (κ3) is 2.91. The van der Waals surface area contributed by atoms with E-state index in [2.05, 4.69) is 42.2 Å². The lowest BCUT2D eigenvalue weighted by atomic mass is 10.1. The number of H-pyrrole nitrogens is 2. The van der Waals surface area contributed by atoms with Gasteiger partial charge in [0.1, 0.15) is 17.3 Å². The highest BCUT2D eigenvalue weighted by Crippen LogP contribution is 2.33. The van der Waals surface area contributed by atoms with Gasteiger partial charge in [-0.25, -0.2) is 0 Å². The Balaban J connectivity index is 1.64. The molecule has 0 fully saturated rings. The van der Waals surface area contributed by atoms with Gasteiger partial charge in [0.2, 0.25) is 0 Å². The average Bonchev–Trinajstić information content (AvgIpc) is 3.17. The van der Waals surface area contributed by atoms with Crippen LogP contribution in [0.2, 0.25) is 0 Å². The Morgan fingerprint density at radius 2 is 1.88 bits per heavy atom. The van der Waals surface area contributed by atoms with Crippen LogP contribution in [-0.4, -0.2) is 15.9 Å². The SMILES string of the molecule is N#Cc1c(N=NC(=O)Cc2ccc(Br)cc2)[nH]c2[nH]c3ccccc3c12. The van der Waals surface area contributed by atoms with E-state index in [1.54, 1.807) is 0 Å². The van der Waals surface area contributed by atoms with Gasteiger partial charge in [-0.3, -0.25) is 4.79 Å². The smallest absolute Gasteiger partial charge is 0.269 e. The molecule has 4 aromatic rings. The van der Waals surface area contributed by atoms with Crippen LogP contribution < -0.4 is 0 Å². The van der Waals surface area contributed by atoms with Crippen LogP contribution in [0.3, 0.4) is 0 Å². The minimum atomic E-state index is -0.376. The molecule has 0 aliphatic rings. The molecule has 0 saturated heterocycles. The Morgan fingerprint density at radius 1 is 1.12 bits per heavy atom. The number of para-hydroxylation sites is 1. The maximum absolute atomic E-state index is 12.1. The summed E-state index contributed by atoms with van der Waals surface area (Å²) >= 11 is 3.35. The summed E-state index contributed by atoms with van der Waals surface area (Å²) in [7, 11) is 0. The first kappa shape index (κ1) is 16.2. The molecule has 0 aliphatic carbocycles. The van der Waals surface area contributed by atoms with Gasteiger partial charge in [-0.1, -0.05) is 46.3 Å². The van der Waals surface area contributed by atoms with Crippen molar-refractivity contribution in [2.75, 3.05) is 0 Å². The molecule has 4 rings (SSSR count). The molecule has 2 aromatic carbocycles. The number of amides is 1. The molecular formula is C19H12BrN5O. The van der Waals surface area contributed by atoms with Crippen molar-refractivity contribution in [3.63, 3.8) is 0 Å². The van der Waals surface area contributed by atoms with Gasteiger partial charge in [0.05, 0.1) is 6.42 Å². The number of nitrogens with one attached hydrogen (secondary N) is 2. The molecule has 0 unspecified atom stereocenters. The van der Waals surface area contributed by atoms with Crippen molar-refractivity contribution in [2.45, 2.75) is 6.42 Å². The van der Waals surface area contributed by atoms with Crippen molar-refractivity contribution >= 4 is 49.6 Å². The maximum Gasteiger partial charge on any atom is 0.269 e. The number of nitrogens with zero attached hydrogens (tertiary/aromatic N) is 3. The van der Waals surface area contributed by atoms with Crippen molar-refractivity contribution in [1.29, 1.82) is 5.26 Å². The lowest BCUT2D eigenvalue weighted by Crippen LogP contribution is -1.97. The highest BCUT2D eigenvalue weighted by Gasteiger charge is 2.16. The van der Waals surface area contributed by atoms with Crippen molar-refractivity contribution in [3.8, 4) is 6.07 Å². The molecule has 0 atom stereocenters. The summed E-state index contributed by atoms with van der Waals surface area (Å²) in [6.45, 7) is 0. The molecule has 26 heavy (non-hydrogen) atoms. The lowest BCUT2D eigenvalue weighted by molar-refractivity contribution is -0.117. The van der Waals surface area contributed by atoms with Crippen LogP contribution in [0.4, 0.5) is 5.82 Å². The molecule has 0 aliphatic heterocycles. The normalized spacial score (nSPS) is 11.4. The fraction of sp³-hybridized carbons (Fsp3) is 0.0526. The summed E-state index contributed by atoms with van der Waals surface area (Å²) in [6.07, 6.45) is 0.153. The van der Waals surface area contributed by atoms with Crippen molar-refractivity contribution < 1.29 is 4.79 Å². The zero-order valence-electron chi connectivity index (χ0n) is 13.5. The van der Waals surface area contributed by atoms with E-state index >= 15 is 0 Å². The summed E-state index contributed by atoms with van der Waals surface area (Å²) < 4.78 is 0.947. The molecule has 0 bridgehead atoms. The minimum Gasteiger partial charge on any atom is -0.341 e. The summed E-state index contributed by atoms with van der Waals surface area (Å²) in [6, 6.07) is 17.3. The molecule has 7 heteroatoms. The first-order chi connectivity index (χ1) is 12.7. The van der Waals surface area contributed by atoms with Crippen LogP contribution in [-0.2, 0) is 11.2 Å². The van der Waals surface area contributed by atoms with E-state index in [1.165, 1.54) is 0 Å². The average molecular weight is 406 g/mol. The van der Waals surface area contributed by atoms with E-state index < -0.39 is 0 Å². The Kier molecular flexibility index (Phi) is 4.11. The van der Waals surface area contributed by atoms with Crippen LogP contribution in [0.5, 0.6) is 0 Å². The number of hydrogen-bond acceptors (Lipinski definition) is 3. The lowest BCUT2D eigenvalue weighted by Gasteiger charge is -1.97. The fourth-order valence-corrected chi connectivity index (χ4v) is 3.16. The monoisotopic (exact) mass is 405 g/mol. The van der Waals surface area contributed by atoms with Gasteiger partial charge in [0.15, 0.2) is 5.82 Å². The van der Waals surface area contributed by atoms with Gasteiger partial charge in [0.25, 0.3) is 5.91 Å². The molecule has 0 radical (unpaired) electrons. The van der Waals surface area contributed by atoms with Crippen molar-refractivity contribution in [2.24, 2.45) is 10.2 Å². The number of aromatic amines is 2. The van der Waals surface area contributed by atoms with E-state index in [0.29, 0.717) is 11.2 Å². The Bertz CT molecular complexity index is 1190. The molecule has 2 heterocycles. The van der Waals surface area contributed by atoms with Crippen LogP contribution in [0.15, 0.2) is 63.2 Å². The standard InChI is InChI=1S/C19H12BrN5O/c20-12-7-5-11(6-8-12)9-16(26)24-25-18-14(10-21)17-13-3-1-2-4-15(13)22-19(17)23-18/h1-8,22-23H,9H2. The number of fused-ring (bicyclic) bond motifs is 3. The number of aromatic nitrogens is 2. The number of hydrogen-bond donors (Lipinski definition) is 2. The van der Waals surface area contributed by atoms with Gasteiger partial charge in [-0.15, -0.1) is 10.2 Å². The minimum absolute atomic E-state index is 0.153. The van der Waals surface area contributed by atoms with Gasteiger partial charge in [0, 0.05) is 20.8 Å². The fourth-order valence-electron chi connectivity index (χ4n) is 2.90. The molecule has 0 saturated carbocycles. The Hall–Kier alpha value is -3.24. The van der Waals surface area contributed by atoms with E-state index in [-0.39, 0.29) is 18.1 Å². The summed E-state index contributed by atoms with van der Waals surface area (Å²) in [5.41, 5.74) is 2.84. The number of azo groups is 1. The number of benzene rings is 2. The molecular weight excluding hydrogens is 394 g/mol. The molecule has 126 valence electrons. The van der Waals surface area contributed by atoms with Crippen LogP contribution in [0, 0.1) is 11.3 Å². The van der Waals surface area contributed by atoms with Crippen molar-refractivity contribution in [3.05, 3.63) is 64.1 Å². The highest BCUT2D eigenvalue weighted by atomic mass is 79.9. The van der Waals surface area contributed by atoms with Gasteiger partial charge in [-0.05, 0) is 23.8 Å². The van der Waals surface area contributed by atoms with Crippen LogP contribution >= 0.6 is 15.9 Å². The van der Waals surface area contributed by atoms with E-state index in [9.17, 15) is 10.1 Å². The zero-order chi connectivity index (χ0) is 18.1. The topological polar surface area (TPSA) is 97.2 Å². The third-order valence-electron chi connectivity index (χ3n) is 4.08. The zero-order valence-corrected chi connectivity index (χ0v) is 15.0. The Labute approximate surface area is 156 Å². The number of carbonyl (C=O) groups is 1. The summed E-state index contributed by atoms with van der Waals surface area (Å²) in [5.74, 6) is -0.0945. The van der Waals surface area contributed by atoms with Gasteiger partial charge >= 0.3 is 0 Å². The first-order valence-electron chi connectivity index (χ1n) is 7.87. The second-order valence-corrected chi connectivity index (χ2v) is 6.69. The number of carbonyl (C=O) groups excluding carboxylic acids is 1. The van der Waals surface area contributed by atoms with Gasteiger partial charge in [-0.2, -0.15) is 5.26 Å². The highest BCUT2D eigenvalue weighted by molar-refractivity contribution is 9.10. The molecule has 6 nitrogen and oxygen atoms in total. The summed E-state index contributed by atoms with van der Waals surface area (Å²) in [4.78, 5) is 18.3. The van der Waals surface area contributed by atoms with Crippen LogP contribution in [0.1, 0.15) is 11.1 Å². The predicted octanol–water partition coefficient (Wildman–Crippen LogP) is 5.14. The maximum atomic E-state index is 12.1. The van der Waals surface area contributed by atoms with Crippen molar-refractivity contribution in [1.82, 2.24) is 9.97 Å². The third-order valence-corrected chi connectivity index (χ3v) is 4.61. The second-order valence-electron chi connectivity index (χ2n) is 5.78. The van der Waals surface area contributed by atoms with Crippen LogP contribution in [0.25, 0.3) is 21.9 Å². The summed E-state index contributed by atoms with van der Waals surface area (Å²) in [5, 5.41) is 19.0. The number of halogens is 1. The Morgan fingerprint density at radius 3 is 2.65 bits per heavy atom. The number of nitriles is 1. The molecule has 2 aromatic heterocycles. The molecule has 1 amide bonds. The number of rotatable bonds is 3. The van der Waals surface area contributed by atoms with E-state index in [1.807, 2.05) is 48.5 Å². The quantitative estimate of drug-likeness (QED) is 0.461. The predicted molar refractivity (Wildman–Crippen MR) is 102 cm³/mol. The molecule has 2 N–H and O–H groups in total. The van der Waals surface area contributed by atoms with E-state index in [4.69, 9.17) is 0 Å². The first-order valence-corrected chi connectivity index (χ1v) is 8.66.